The summed E-state index contributed by atoms with van der Waals surface area (Å²) in [7, 11) is 1.90. The van der Waals surface area contributed by atoms with Crippen molar-refractivity contribution in [3.63, 3.8) is 0 Å². The van der Waals surface area contributed by atoms with Gasteiger partial charge in [0, 0.05) is 19.4 Å². The number of aldehydes is 1. The molecule has 0 amide bonds. The number of carbonyl (C=O) groups is 1. The zero-order valence-corrected chi connectivity index (χ0v) is 13.4. The van der Waals surface area contributed by atoms with Gasteiger partial charge in [0.25, 0.3) is 0 Å². The average molecular weight is 322 g/mol. The molecule has 0 spiro atoms. The fraction of sp³-hybridized carbons (Fsp3) is 0.158. The van der Waals surface area contributed by atoms with Crippen LogP contribution in [0.4, 0.5) is 0 Å². The van der Waals surface area contributed by atoms with Crippen molar-refractivity contribution in [2.75, 3.05) is 0 Å². The van der Waals surface area contributed by atoms with E-state index in [0.29, 0.717) is 30.3 Å². The van der Waals surface area contributed by atoms with E-state index in [4.69, 9.17) is 9.47 Å². The minimum Gasteiger partial charge on any atom is -0.489 e. The molecule has 0 bridgehead atoms. The topological polar surface area (TPSA) is 53.4 Å². The molecular weight excluding hydrogens is 304 g/mol. The summed E-state index contributed by atoms with van der Waals surface area (Å²) in [6.07, 6.45) is 4.32. The standard InChI is InChI=1S/C19H18N2O3/c1-21-10-9-20-19(21)14-24-18-8-7-17(11-16(18)12-22)23-13-15-5-3-2-4-6-15/h2-12H,13-14H2,1H3. The second-order valence-corrected chi connectivity index (χ2v) is 5.33. The number of hydrogen-bond acceptors (Lipinski definition) is 4. The van der Waals surface area contributed by atoms with Crippen molar-refractivity contribution in [3.05, 3.63) is 77.9 Å². The van der Waals surface area contributed by atoms with Crippen molar-refractivity contribution in [2.24, 2.45) is 7.05 Å². The van der Waals surface area contributed by atoms with E-state index in [2.05, 4.69) is 4.98 Å². The van der Waals surface area contributed by atoms with Gasteiger partial charge in [0.2, 0.25) is 0 Å². The van der Waals surface area contributed by atoms with Gasteiger partial charge in [0.15, 0.2) is 6.29 Å². The molecule has 0 fully saturated rings. The van der Waals surface area contributed by atoms with Gasteiger partial charge in [-0.05, 0) is 23.8 Å². The third kappa shape index (κ3) is 3.81. The normalized spacial score (nSPS) is 10.4. The highest BCUT2D eigenvalue weighted by atomic mass is 16.5. The third-order valence-corrected chi connectivity index (χ3v) is 3.63. The van der Waals surface area contributed by atoms with E-state index >= 15 is 0 Å². The van der Waals surface area contributed by atoms with Crippen LogP contribution in [0.1, 0.15) is 21.7 Å². The van der Waals surface area contributed by atoms with Gasteiger partial charge in [0.1, 0.15) is 30.5 Å². The Bertz CT molecular complexity index is 812. The number of benzene rings is 2. The SMILES string of the molecule is Cn1ccnc1COc1ccc(OCc2ccccc2)cc1C=O. The van der Waals surface area contributed by atoms with E-state index in [-0.39, 0.29) is 0 Å². The molecule has 0 aliphatic rings. The van der Waals surface area contributed by atoms with Gasteiger partial charge < -0.3 is 14.0 Å². The lowest BCUT2D eigenvalue weighted by Gasteiger charge is -2.11. The van der Waals surface area contributed by atoms with Gasteiger partial charge in [-0.15, -0.1) is 0 Å². The predicted octanol–water partition coefficient (Wildman–Crippen LogP) is 3.39. The second-order valence-electron chi connectivity index (χ2n) is 5.33. The van der Waals surface area contributed by atoms with E-state index in [1.807, 2.05) is 48.1 Å². The highest BCUT2D eigenvalue weighted by Crippen LogP contribution is 2.24. The quantitative estimate of drug-likeness (QED) is 0.626. The maximum Gasteiger partial charge on any atom is 0.153 e. The molecule has 2 aromatic carbocycles. The average Bonchev–Trinajstić information content (AvgIpc) is 3.04. The Labute approximate surface area is 140 Å². The van der Waals surface area contributed by atoms with E-state index in [1.54, 1.807) is 24.4 Å². The maximum absolute atomic E-state index is 11.3. The molecular formula is C19H18N2O3. The van der Waals surface area contributed by atoms with E-state index in [1.165, 1.54) is 0 Å². The van der Waals surface area contributed by atoms with Crippen LogP contribution in [-0.4, -0.2) is 15.8 Å². The van der Waals surface area contributed by atoms with Crippen LogP contribution in [0.15, 0.2) is 60.9 Å². The molecule has 24 heavy (non-hydrogen) atoms. The Balaban J connectivity index is 1.66. The number of aryl methyl sites for hydroxylation is 1. The molecule has 5 nitrogen and oxygen atoms in total. The number of carbonyl (C=O) groups excluding carboxylic acids is 1. The summed E-state index contributed by atoms with van der Waals surface area (Å²) in [5, 5.41) is 0. The van der Waals surface area contributed by atoms with Gasteiger partial charge in [0.05, 0.1) is 5.56 Å². The highest BCUT2D eigenvalue weighted by molar-refractivity contribution is 5.80. The van der Waals surface area contributed by atoms with Crippen LogP contribution in [0.3, 0.4) is 0 Å². The number of ether oxygens (including phenoxy) is 2. The minimum absolute atomic E-state index is 0.300. The lowest BCUT2D eigenvalue weighted by molar-refractivity contribution is 0.111. The number of rotatable bonds is 7. The Kier molecular flexibility index (Phi) is 4.91. The van der Waals surface area contributed by atoms with Crippen molar-refractivity contribution >= 4 is 6.29 Å². The van der Waals surface area contributed by atoms with Crippen molar-refractivity contribution in [1.82, 2.24) is 9.55 Å². The van der Waals surface area contributed by atoms with E-state index in [0.717, 1.165) is 17.7 Å². The van der Waals surface area contributed by atoms with Crippen molar-refractivity contribution in [1.29, 1.82) is 0 Å². The molecule has 5 heteroatoms. The fourth-order valence-corrected chi connectivity index (χ4v) is 2.26. The Morgan fingerprint density at radius 1 is 1.08 bits per heavy atom. The molecule has 0 atom stereocenters. The zero-order valence-electron chi connectivity index (χ0n) is 13.4. The molecule has 0 saturated carbocycles. The van der Waals surface area contributed by atoms with Crippen LogP contribution in [0.25, 0.3) is 0 Å². The fourth-order valence-electron chi connectivity index (χ4n) is 2.26. The Hall–Kier alpha value is -3.08. The monoisotopic (exact) mass is 322 g/mol. The van der Waals surface area contributed by atoms with Crippen LogP contribution in [0, 0.1) is 0 Å². The van der Waals surface area contributed by atoms with Crippen LogP contribution < -0.4 is 9.47 Å². The van der Waals surface area contributed by atoms with E-state index in [9.17, 15) is 4.79 Å². The maximum atomic E-state index is 11.3. The first-order valence-electron chi connectivity index (χ1n) is 7.61. The van der Waals surface area contributed by atoms with Crippen LogP contribution in [0.2, 0.25) is 0 Å². The van der Waals surface area contributed by atoms with Crippen molar-refractivity contribution in [3.8, 4) is 11.5 Å². The van der Waals surface area contributed by atoms with Gasteiger partial charge >= 0.3 is 0 Å². The molecule has 0 radical (unpaired) electrons. The molecule has 0 aliphatic carbocycles. The zero-order chi connectivity index (χ0) is 16.8. The van der Waals surface area contributed by atoms with E-state index < -0.39 is 0 Å². The molecule has 0 aliphatic heterocycles. The first kappa shape index (κ1) is 15.8. The summed E-state index contributed by atoms with van der Waals surface area (Å²) < 4.78 is 13.3. The van der Waals surface area contributed by atoms with Crippen LogP contribution in [-0.2, 0) is 20.3 Å². The minimum atomic E-state index is 0.300. The summed E-state index contributed by atoms with van der Waals surface area (Å²) in [5.74, 6) is 1.93. The van der Waals surface area contributed by atoms with Crippen LogP contribution in [0.5, 0.6) is 11.5 Å². The number of aromatic nitrogens is 2. The first-order valence-corrected chi connectivity index (χ1v) is 7.61. The van der Waals surface area contributed by atoms with Gasteiger partial charge in [-0.1, -0.05) is 30.3 Å². The lowest BCUT2D eigenvalue weighted by atomic mass is 10.2. The molecule has 0 N–H and O–H groups in total. The van der Waals surface area contributed by atoms with Crippen LogP contribution >= 0.6 is 0 Å². The van der Waals surface area contributed by atoms with Gasteiger partial charge in [-0.2, -0.15) is 0 Å². The molecule has 0 saturated heterocycles. The number of hydrogen-bond donors (Lipinski definition) is 0. The number of imidazole rings is 1. The van der Waals surface area contributed by atoms with Gasteiger partial charge in [-0.3, -0.25) is 4.79 Å². The summed E-state index contributed by atoms with van der Waals surface area (Å²) in [6.45, 7) is 0.751. The molecule has 3 aromatic rings. The highest BCUT2D eigenvalue weighted by Gasteiger charge is 2.08. The predicted molar refractivity (Wildman–Crippen MR) is 90.1 cm³/mol. The Morgan fingerprint density at radius 3 is 2.62 bits per heavy atom. The first-order chi connectivity index (χ1) is 11.8. The molecule has 122 valence electrons. The Morgan fingerprint density at radius 2 is 1.92 bits per heavy atom. The summed E-state index contributed by atoms with van der Waals surface area (Å²) in [5.41, 5.74) is 1.52. The van der Waals surface area contributed by atoms with Crippen molar-refractivity contribution < 1.29 is 14.3 Å². The molecule has 1 aromatic heterocycles. The largest absolute Gasteiger partial charge is 0.489 e. The summed E-state index contributed by atoms with van der Waals surface area (Å²) in [6, 6.07) is 15.1. The second kappa shape index (κ2) is 7.46. The molecule has 1 heterocycles. The smallest absolute Gasteiger partial charge is 0.153 e. The number of nitrogens with zero attached hydrogens (tertiary/aromatic N) is 2. The summed E-state index contributed by atoms with van der Waals surface area (Å²) in [4.78, 5) is 15.5. The van der Waals surface area contributed by atoms with Gasteiger partial charge in [-0.25, -0.2) is 4.98 Å². The summed E-state index contributed by atoms with van der Waals surface area (Å²) >= 11 is 0. The third-order valence-electron chi connectivity index (χ3n) is 3.63. The van der Waals surface area contributed by atoms with Crippen molar-refractivity contribution in [2.45, 2.75) is 13.2 Å². The lowest BCUT2D eigenvalue weighted by Crippen LogP contribution is -2.04. The molecule has 0 unspecified atom stereocenters. The molecule has 3 rings (SSSR count).